The normalized spacial score (nSPS) is 11.7. The third-order valence-electron chi connectivity index (χ3n) is 4.85. The molecule has 3 aromatic carbocycles. The first kappa shape index (κ1) is 24.9. The van der Waals surface area contributed by atoms with Crippen molar-refractivity contribution >= 4 is 29.6 Å². The van der Waals surface area contributed by atoms with E-state index in [2.05, 4.69) is 15.3 Å². The van der Waals surface area contributed by atoms with Gasteiger partial charge in [-0.15, -0.1) is 10.2 Å². The molecule has 184 valence electrons. The van der Waals surface area contributed by atoms with Crippen LogP contribution >= 0.6 is 11.8 Å². The predicted molar refractivity (Wildman–Crippen MR) is 129 cm³/mol. The van der Waals surface area contributed by atoms with Gasteiger partial charge in [-0.25, -0.2) is 14.1 Å². The number of nitrogens with two attached hydrogens (primary N) is 1. The number of carbonyl (C=O) groups excluding carboxylic acids is 1. The van der Waals surface area contributed by atoms with E-state index in [1.807, 2.05) is 0 Å². The molecule has 4 aromatic rings. The van der Waals surface area contributed by atoms with Crippen LogP contribution in [0.4, 0.5) is 23.2 Å². The van der Waals surface area contributed by atoms with Gasteiger partial charge < -0.3 is 5.84 Å². The quantitative estimate of drug-likeness (QED) is 0.124. The number of hydrazone groups is 1. The minimum atomic E-state index is -4.59. The van der Waals surface area contributed by atoms with E-state index >= 15 is 0 Å². The van der Waals surface area contributed by atoms with Crippen LogP contribution < -0.4 is 10.9 Å². The SMILES string of the molecule is Nn1c(SCC(=O)N(/N=C\c2ccccc2)c2cccc(C(F)(F)F)c2)nnc1-c1cccc(F)c1. The summed E-state index contributed by atoms with van der Waals surface area (Å²) in [6.07, 6.45) is -3.22. The Hall–Kier alpha value is -4.19. The van der Waals surface area contributed by atoms with E-state index < -0.39 is 23.5 Å². The average molecular weight is 515 g/mol. The number of aromatic nitrogens is 3. The van der Waals surface area contributed by atoms with E-state index in [1.165, 1.54) is 36.5 Å². The number of thioether (sulfide) groups is 1. The Morgan fingerprint density at radius 1 is 1.03 bits per heavy atom. The van der Waals surface area contributed by atoms with Gasteiger partial charge in [0.15, 0.2) is 5.82 Å². The maximum absolute atomic E-state index is 13.6. The fourth-order valence-corrected chi connectivity index (χ4v) is 3.84. The minimum Gasteiger partial charge on any atom is -0.335 e. The van der Waals surface area contributed by atoms with Gasteiger partial charge >= 0.3 is 6.18 Å². The van der Waals surface area contributed by atoms with Gasteiger partial charge in [-0.3, -0.25) is 4.79 Å². The summed E-state index contributed by atoms with van der Waals surface area (Å²) < 4.78 is 54.4. The van der Waals surface area contributed by atoms with Crippen LogP contribution in [-0.4, -0.2) is 32.7 Å². The van der Waals surface area contributed by atoms with Crippen molar-refractivity contribution in [3.05, 3.63) is 95.8 Å². The molecule has 1 amide bonds. The number of amides is 1. The Balaban J connectivity index is 1.58. The van der Waals surface area contributed by atoms with Gasteiger partial charge in [-0.2, -0.15) is 18.3 Å². The molecule has 0 aliphatic rings. The zero-order chi connectivity index (χ0) is 25.7. The number of nitrogens with zero attached hydrogens (tertiary/aromatic N) is 5. The Bertz CT molecular complexity index is 1390. The third kappa shape index (κ3) is 5.89. The van der Waals surface area contributed by atoms with Gasteiger partial charge in [0.2, 0.25) is 5.16 Å². The molecule has 2 N–H and O–H groups in total. The summed E-state index contributed by atoms with van der Waals surface area (Å²) in [6, 6.07) is 18.7. The second kappa shape index (κ2) is 10.6. The predicted octanol–water partition coefficient (Wildman–Crippen LogP) is 4.98. The van der Waals surface area contributed by atoms with Gasteiger partial charge in [0.1, 0.15) is 5.82 Å². The number of anilines is 1. The molecule has 0 aliphatic carbocycles. The highest BCUT2D eigenvalue weighted by Gasteiger charge is 2.31. The van der Waals surface area contributed by atoms with Crippen LogP contribution in [-0.2, 0) is 11.0 Å². The van der Waals surface area contributed by atoms with Crippen LogP contribution in [0.15, 0.2) is 89.1 Å². The Labute approximate surface area is 207 Å². The highest BCUT2D eigenvalue weighted by atomic mass is 32.2. The monoisotopic (exact) mass is 514 g/mol. The van der Waals surface area contributed by atoms with Crippen LogP contribution in [0, 0.1) is 5.82 Å². The summed E-state index contributed by atoms with van der Waals surface area (Å²) in [5.74, 6) is 4.85. The van der Waals surface area contributed by atoms with Crippen LogP contribution in [0.3, 0.4) is 0 Å². The fourth-order valence-electron chi connectivity index (χ4n) is 3.14. The largest absolute Gasteiger partial charge is 0.416 e. The molecule has 0 radical (unpaired) electrons. The highest BCUT2D eigenvalue weighted by molar-refractivity contribution is 7.99. The molecule has 0 saturated carbocycles. The van der Waals surface area contributed by atoms with Crippen molar-refractivity contribution in [1.29, 1.82) is 0 Å². The molecule has 0 bridgehead atoms. The number of carbonyl (C=O) groups is 1. The molecule has 0 spiro atoms. The van der Waals surface area contributed by atoms with E-state index in [0.29, 0.717) is 11.1 Å². The van der Waals surface area contributed by atoms with Crippen LogP contribution in [0.25, 0.3) is 11.4 Å². The second-order valence-corrected chi connectivity index (χ2v) is 8.33. The van der Waals surface area contributed by atoms with Crippen molar-refractivity contribution in [1.82, 2.24) is 14.9 Å². The zero-order valence-electron chi connectivity index (χ0n) is 18.4. The maximum atomic E-state index is 13.6. The van der Waals surface area contributed by atoms with Gasteiger partial charge in [0.25, 0.3) is 5.91 Å². The number of rotatable bonds is 7. The molecule has 1 heterocycles. The molecule has 0 fully saturated rings. The molecular formula is C24H18F4N6OS. The van der Waals surface area contributed by atoms with Gasteiger partial charge in [0.05, 0.1) is 23.2 Å². The number of nitrogen functional groups attached to an aromatic ring is 1. The molecule has 1 aromatic heterocycles. The average Bonchev–Trinajstić information content (AvgIpc) is 3.23. The minimum absolute atomic E-state index is 0.0581. The number of hydrogen-bond acceptors (Lipinski definition) is 6. The Morgan fingerprint density at radius 2 is 1.78 bits per heavy atom. The zero-order valence-corrected chi connectivity index (χ0v) is 19.2. The van der Waals surface area contributed by atoms with Crippen LogP contribution in [0.1, 0.15) is 11.1 Å². The topological polar surface area (TPSA) is 89.4 Å². The van der Waals surface area contributed by atoms with Gasteiger partial charge in [-0.1, -0.05) is 60.3 Å². The van der Waals surface area contributed by atoms with Crippen molar-refractivity contribution in [2.75, 3.05) is 16.6 Å². The summed E-state index contributed by atoms with van der Waals surface area (Å²) in [5.41, 5.74) is 0.0664. The number of benzene rings is 3. The number of hydrogen-bond donors (Lipinski definition) is 1. The van der Waals surface area contributed by atoms with Gasteiger partial charge in [0, 0.05) is 5.56 Å². The second-order valence-electron chi connectivity index (χ2n) is 7.38. The van der Waals surface area contributed by atoms with E-state index in [4.69, 9.17) is 5.84 Å². The molecule has 12 heteroatoms. The fraction of sp³-hybridized carbons (Fsp3) is 0.0833. The first-order valence-electron chi connectivity index (χ1n) is 10.4. The molecule has 4 rings (SSSR count). The highest BCUT2D eigenvalue weighted by Crippen LogP contribution is 2.32. The summed E-state index contributed by atoms with van der Waals surface area (Å²) in [6.45, 7) is 0. The van der Waals surface area contributed by atoms with Crippen molar-refractivity contribution in [2.45, 2.75) is 11.3 Å². The van der Waals surface area contributed by atoms with E-state index in [1.54, 1.807) is 36.4 Å². The number of halogens is 4. The molecule has 0 unspecified atom stereocenters. The standard InChI is InChI=1S/C24H18F4N6OS/c25-19-10-4-8-17(12-19)22-31-32-23(33(22)29)36-15-21(35)34(30-14-16-6-2-1-3-7-16)20-11-5-9-18(13-20)24(26,27)28/h1-14H,15,29H2/b30-14-. The molecule has 7 nitrogen and oxygen atoms in total. The summed E-state index contributed by atoms with van der Waals surface area (Å²) in [5, 5.41) is 13.1. The Kier molecular flexibility index (Phi) is 7.34. The third-order valence-corrected chi connectivity index (χ3v) is 5.78. The van der Waals surface area contributed by atoms with Crippen molar-refractivity contribution in [2.24, 2.45) is 5.10 Å². The molecule has 36 heavy (non-hydrogen) atoms. The van der Waals surface area contributed by atoms with Crippen molar-refractivity contribution in [3.8, 4) is 11.4 Å². The molecule has 0 aliphatic heterocycles. The molecule has 0 atom stereocenters. The van der Waals surface area contributed by atoms with Crippen LogP contribution in [0.5, 0.6) is 0 Å². The molecular weight excluding hydrogens is 496 g/mol. The van der Waals surface area contributed by atoms with E-state index in [0.717, 1.165) is 33.6 Å². The Morgan fingerprint density at radius 3 is 2.50 bits per heavy atom. The smallest absolute Gasteiger partial charge is 0.335 e. The first-order valence-corrected chi connectivity index (χ1v) is 11.4. The summed E-state index contributed by atoms with van der Waals surface area (Å²) >= 11 is 0.913. The van der Waals surface area contributed by atoms with Crippen molar-refractivity contribution in [3.63, 3.8) is 0 Å². The van der Waals surface area contributed by atoms with E-state index in [-0.39, 0.29) is 22.4 Å². The van der Waals surface area contributed by atoms with Crippen LogP contribution in [0.2, 0.25) is 0 Å². The van der Waals surface area contributed by atoms with Gasteiger partial charge in [-0.05, 0) is 35.9 Å². The molecule has 0 saturated heterocycles. The first-order chi connectivity index (χ1) is 17.2. The lowest BCUT2D eigenvalue weighted by atomic mass is 10.2. The summed E-state index contributed by atoms with van der Waals surface area (Å²) in [7, 11) is 0. The summed E-state index contributed by atoms with van der Waals surface area (Å²) in [4.78, 5) is 13.1. The van der Waals surface area contributed by atoms with E-state index in [9.17, 15) is 22.4 Å². The maximum Gasteiger partial charge on any atom is 0.416 e. The van der Waals surface area contributed by atoms with Crippen molar-refractivity contribution < 1.29 is 22.4 Å². The lowest BCUT2D eigenvalue weighted by Crippen LogP contribution is -2.28. The lowest BCUT2D eigenvalue weighted by molar-refractivity contribution is -0.137. The lowest BCUT2D eigenvalue weighted by Gasteiger charge is -2.18. The number of alkyl halides is 3.